The van der Waals surface area contributed by atoms with Gasteiger partial charge in [0.1, 0.15) is 5.69 Å². The van der Waals surface area contributed by atoms with Gasteiger partial charge in [-0.3, -0.25) is 14.6 Å². The van der Waals surface area contributed by atoms with E-state index in [0.717, 1.165) is 25.6 Å². The van der Waals surface area contributed by atoms with Gasteiger partial charge in [-0.25, -0.2) is 4.98 Å². The maximum atomic E-state index is 12.7. The van der Waals surface area contributed by atoms with Crippen LogP contribution < -0.4 is 15.8 Å². The first-order chi connectivity index (χ1) is 13.6. The van der Waals surface area contributed by atoms with Gasteiger partial charge in [0.2, 0.25) is 5.95 Å². The number of amides is 1. The summed E-state index contributed by atoms with van der Waals surface area (Å²) in [4.78, 5) is 33.4. The van der Waals surface area contributed by atoms with Crippen molar-refractivity contribution in [1.29, 1.82) is 0 Å². The second-order valence-corrected chi connectivity index (χ2v) is 8.25. The average Bonchev–Trinajstić information content (AvgIpc) is 2.56. The molecule has 1 saturated heterocycles. The second kappa shape index (κ2) is 8.48. The summed E-state index contributed by atoms with van der Waals surface area (Å²) in [5, 5.41) is 2.84. The van der Waals surface area contributed by atoms with Crippen molar-refractivity contribution in [2.45, 2.75) is 36.7 Å². The summed E-state index contributed by atoms with van der Waals surface area (Å²) in [5.41, 5.74) is -4.09. The van der Waals surface area contributed by atoms with Crippen LogP contribution in [0.2, 0.25) is 0 Å². The third kappa shape index (κ3) is 5.53. The summed E-state index contributed by atoms with van der Waals surface area (Å²) in [5.74, 6) is -0.175. The largest absolute Gasteiger partial charge is 0.446 e. The minimum Gasteiger partial charge on any atom is -0.344 e. The van der Waals surface area contributed by atoms with E-state index in [-0.39, 0.29) is 28.3 Å². The Morgan fingerprint density at radius 3 is 2.41 bits per heavy atom. The second-order valence-electron chi connectivity index (χ2n) is 7.11. The van der Waals surface area contributed by atoms with E-state index in [1.165, 1.54) is 12.1 Å². The van der Waals surface area contributed by atoms with Crippen LogP contribution in [0.15, 0.2) is 40.0 Å². The molecule has 0 spiro atoms. The number of H-pyrrole nitrogens is 1. The number of aromatic nitrogens is 2. The lowest BCUT2D eigenvalue weighted by Gasteiger charge is -2.31. The lowest BCUT2D eigenvalue weighted by molar-refractivity contribution is -0.0328. The number of nitrogens with zero attached hydrogens (tertiary/aromatic N) is 2. The molecule has 3 rings (SSSR count). The van der Waals surface area contributed by atoms with Crippen LogP contribution in [0.25, 0.3) is 0 Å². The van der Waals surface area contributed by atoms with Crippen LogP contribution >= 0.6 is 11.8 Å². The van der Waals surface area contributed by atoms with E-state index in [4.69, 9.17) is 0 Å². The topological polar surface area (TPSA) is 78.1 Å². The van der Waals surface area contributed by atoms with Gasteiger partial charge < -0.3 is 10.2 Å². The molecular weight excluding hydrogens is 405 g/mol. The molecule has 0 radical (unpaired) electrons. The van der Waals surface area contributed by atoms with Crippen LogP contribution in [0, 0.1) is 5.92 Å². The standard InChI is InChI=1S/C19H21F3N4O2S/c1-11(2)16(12-4-6-13(7-5-12)29-19(20,21)22)25-17(28)14-10-15(27)24-18(23-14)26-8-3-9-26/h4-7,10-11,16H,3,8-9H2,1-2H3,(H,25,28)(H,23,24,27)/t16-/m1/s1. The molecule has 1 aliphatic rings. The van der Waals surface area contributed by atoms with E-state index in [0.29, 0.717) is 11.5 Å². The highest BCUT2D eigenvalue weighted by Gasteiger charge is 2.29. The Balaban J connectivity index is 1.77. The Hall–Kier alpha value is -2.49. The van der Waals surface area contributed by atoms with Crippen molar-refractivity contribution < 1.29 is 18.0 Å². The summed E-state index contributed by atoms with van der Waals surface area (Å²) in [6.45, 7) is 5.32. The summed E-state index contributed by atoms with van der Waals surface area (Å²) in [6.07, 6.45) is 0.998. The molecule has 1 atom stereocenters. The van der Waals surface area contributed by atoms with Gasteiger partial charge in [-0.15, -0.1) is 0 Å². The number of alkyl halides is 3. The third-order valence-electron chi connectivity index (χ3n) is 4.54. The van der Waals surface area contributed by atoms with Gasteiger partial charge >= 0.3 is 5.51 Å². The fourth-order valence-corrected chi connectivity index (χ4v) is 3.51. The number of hydrogen-bond acceptors (Lipinski definition) is 5. The van der Waals surface area contributed by atoms with Crippen LogP contribution in [-0.2, 0) is 0 Å². The fraction of sp³-hybridized carbons (Fsp3) is 0.421. The predicted molar refractivity (Wildman–Crippen MR) is 105 cm³/mol. The molecule has 6 nitrogen and oxygen atoms in total. The van der Waals surface area contributed by atoms with Crippen LogP contribution in [0.5, 0.6) is 0 Å². The minimum absolute atomic E-state index is 0.00514. The van der Waals surface area contributed by atoms with Gasteiger partial charge in [-0.1, -0.05) is 26.0 Å². The van der Waals surface area contributed by atoms with Crippen molar-refractivity contribution in [2.75, 3.05) is 18.0 Å². The van der Waals surface area contributed by atoms with Crippen LogP contribution in [0.4, 0.5) is 19.1 Å². The molecular formula is C19H21F3N4O2S. The first-order valence-corrected chi connectivity index (χ1v) is 9.97. The molecule has 1 aliphatic heterocycles. The van der Waals surface area contributed by atoms with Gasteiger partial charge in [-0.2, -0.15) is 13.2 Å². The van der Waals surface area contributed by atoms with Crippen molar-refractivity contribution >= 4 is 23.6 Å². The quantitative estimate of drug-likeness (QED) is 0.689. The smallest absolute Gasteiger partial charge is 0.344 e. The number of halogens is 3. The number of thioether (sulfide) groups is 1. The molecule has 0 unspecified atom stereocenters. The molecule has 10 heteroatoms. The van der Waals surface area contributed by atoms with E-state index in [2.05, 4.69) is 15.3 Å². The van der Waals surface area contributed by atoms with Crippen LogP contribution in [0.1, 0.15) is 42.4 Å². The highest BCUT2D eigenvalue weighted by molar-refractivity contribution is 8.00. The molecule has 2 heterocycles. The summed E-state index contributed by atoms with van der Waals surface area (Å²) >= 11 is -0.186. The maximum Gasteiger partial charge on any atom is 0.446 e. The van der Waals surface area contributed by atoms with Crippen molar-refractivity contribution in [2.24, 2.45) is 5.92 Å². The van der Waals surface area contributed by atoms with Crippen molar-refractivity contribution in [3.8, 4) is 0 Å². The SMILES string of the molecule is CC(C)[C@@H](NC(=O)c1cc(=O)[nH]c(N2CCC2)n1)c1ccc(SC(F)(F)F)cc1. The Morgan fingerprint density at radius 2 is 1.90 bits per heavy atom. The number of nitrogens with one attached hydrogen (secondary N) is 2. The molecule has 29 heavy (non-hydrogen) atoms. The number of anilines is 1. The number of hydrogen-bond donors (Lipinski definition) is 2. The highest BCUT2D eigenvalue weighted by Crippen LogP contribution is 2.37. The third-order valence-corrected chi connectivity index (χ3v) is 5.28. The van der Waals surface area contributed by atoms with E-state index in [9.17, 15) is 22.8 Å². The van der Waals surface area contributed by atoms with E-state index in [1.807, 2.05) is 18.7 Å². The van der Waals surface area contributed by atoms with E-state index in [1.54, 1.807) is 12.1 Å². The molecule has 1 amide bonds. The summed E-state index contributed by atoms with van der Waals surface area (Å²) in [7, 11) is 0. The number of rotatable bonds is 6. The highest BCUT2D eigenvalue weighted by atomic mass is 32.2. The van der Waals surface area contributed by atoms with Crippen molar-refractivity contribution in [1.82, 2.24) is 15.3 Å². The maximum absolute atomic E-state index is 12.7. The molecule has 0 saturated carbocycles. The fourth-order valence-electron chi connectivity index (χ4n) is 2.97. The Kier molecular flexibility index (Phi) is 6.21. The first-order valence-electron chi connectivity index (χ1n) is 9.15. The van der Waals surface area contributed by atoms with E-state index < -0.39 is 23.0 Å². The molecule has 1 aromatic heterocycles. The van der Waals surface area contributed by atoms with Gasteiger partial charge in [-0.05, 0) is 41.8 Å². The summed E-state index contributed by atoms with van der Waals surface area (Å²) in [6, 6.07) is 6.58. The van der Waals surface area contributed by atoms with Crippen molar-refractivity contribution in [3.63, 3.8) is 0 Å². The predicted octanol–water partition coefficient (Wildman–Crippen LogP) is 3.72. The number of aromatic amines is 1. The molecule has 1 fully saturated rings. The van der Waals surface area contributed by atoms with Gasteiger partial charge in [0, 0.05) is 24.1 Å². The van der Waals surface area contributed by atoms with Gasteiger partial charge in [0.05, 0.1) is 6.04 Å². The molecule has 2 aromatic rings. The molecule has 0 bridgehead atoms. The van der Waals surface area contributed by atoms with Crippen molar-refractivity contribution in [3.05, 3.63) is 51.9 Å². The van der Waals surface area contributed by atoms with Crippen LogP contribution in [0.3, 0.4) is 0 Å². The molecule has 0 aliphatic carbocycles. The normalized spacial score (nSPS) is 15.2. The Bertz CT molecular complexity index is 924. The average molecular weight is 426 g/mol. The Labute approximate surface area is 169 Å². The van der Waals surface area contributed by atoms with Gasteiger partial charge in [0.25, 0.3) is 11.5 Å². The van der Waals surface area contributed by atoms with E-state index >= 15 is 0 Å². The van der Waals surface area contributed by atoms with Gasteiger partial charge in [0.15, 0.2) is 0 Å². The number of carbonyl (C=O) groups excluding carboxylic acids is 1. The zero-order chi connectivity index (χ0) is 21.2. The van der Waals surface area contributed by atoms with Crippen LogP contribution in [-0.4, -0.2) is 34.5 Å². The molecule has 156 valence electrons. The Morgan fingerprint density at radius 1 is 1.24 bits per heavy atom. The lowest BCUT2D eigenvalue weighted by Crippen LogP contribution is -2.40. The summed E-state index contributed by atoms with van der Waals surface area (Å²) < 4.78 is 37.5. The monoisotopic (exact) mass is 426 g/mol. The molecule has 2 N–H and O–H groups in total. The minimum atomic E-state index is -4.35. The zero-order valence-electron chi connectivity index (χ0n) is 15.9. The molecule has 1 aromatic carbocycles. The lowest BCUT2D eigenvalue weighted by atomic mass is 9.96. The first kappa shape index (κ1) is 21.2. The number of benzene rings is 1. The zero-order valence-corrected chi connectivity index (χ0v) is 16.7. The number of carbonyl (C=O) groups is 1.